The van der Waals surface area contributed by atoms with E-state index in [1.807, 2.05) is 0 Å². The average Bonchev–Trinajstić information content (AvgIpc) is 3.64. The molecule has 13 nitrogen and oxygen atoms in total. The molecule has 0 saturated carbocycles. The first-order valence-corrected chi connectivity index (χ1v) is 13.2. The molecule has 2 amide bonds. The number of halogens is 1. The predicted octanol–water partition coefficient (Wildman–Crippen LogP) is 5.79. The second-order valence-corrected chi connectivity index (χ2v) is 10.9. The number of nitrogens with zero attached hydrogens (tertiary/aromatic N) is 7. The van der Waals surface area contributed by atoms with Gasteiger partial charge in [-0.15, -0.1) is 0 Å². The predicted molar refractivity (Wildman–Crippen MR) is 153 cm³/mol. The van der Waals surface area contributed by atoms with E-state index in [2.05, 4.69) is 24.9 Å². The summed E-state index contributed by atoms with van der Waals surface area (Å²) in [4.78, 5) is 43.4. The summed E-state index contributed by atoms with van der Waals surface area (Å²) in [6.07, 6.45) is 0.800. The molecule has 5 aromatic rings. The second kappa shape index (κ2) is 10.6. The number of rotatable bonds is 5. The molecule has 5 rings (SSSR count). The highest BCUT2D eigenvalue weighted by atomic mass is 35.5. The van der Waals surface area contributed by atoms with Crippen molar-refractivity contribution in [2.45, 2.75) is 26.4 Å². The van der Waals surface area contributed by atoms with Crippen LogP contribution in [0.15, 0.2) is 54.9 Å². The normalized spacial score (nSPS) is 11.4. The molecule has 0 fully saturated rings. The molecular formula is C26H23ClN8O5S. The Kier molecular flexibility index (Phi) is 7.19. The molecule has 41 heavy (non-hydrogen) atoms. The van der Waals surface area contributed by atoms with Crippen LogP contribution >= 0.6 is 23.1 Å². The first-order valence-electron chi connectivity index (χ1n) is 12.1. The summed E-state index contributed by atoms with van der Waals surface area (Å²) in [6.45, 7) is 5.17. The molecule has 2 N–H and O–H groups in total. The molecular weight excluding hydrogens is 572 g/mol. The van der Waals surface area contributed by atoms with Gasteiger partial charge in [0.15, 0.2) is 5.82 Å². The molecule has 15 heteroatoms. The van der Waals surface area contributed by atoms with Crippen LogP contribution < -0.4 is 10.2 Å². The van der Waals surface area contributed by atoms with Crippen LogP contribution in [0.3, 0.4) is 0 Å². The van der Waals surface area contributed by atoms with Crippen molar-refractivity contribution in [3.63, 3.8) is 0 Å². The van der Waals surface area contributed by atoms with Gasteiger partial charge >= 0.3 is 12.2 Å². The van der Waals surface area contributed by atoms with Gasteiger partial charge < -0.3 is 15.2 Å². The third-order valence-corrected chi connectivity index (χ3v) is 6.80. The van der Waals surface area contributed by atoms with Gasteiger partial charge in [0.25, 0.3) is 5.91 Å². The molecule has 0 atom stereocenters. The van der Waals surface area contributed by atoms with Crippen LogP contribution in [0.4, 0.5) is 26.1 Å². The fourth-order valence-electron chi connectivity index (χ4n) is 3.92. The topological polar surface area (TPSA) is 157 Å². The van der Waals surface area contributed by atoms with E-state index < -0.39 is 17.8 Å². The van der Waals surface area contributed by atoms with Gasteiger partial charge in [0.05, 0.1) is 22.4 Å². The Hall–Kier alpha value is -4.82. The Morgan fingerprint density at radius 2 is 1.90 bits per heavy atom. The Bertz CT molecular complexity index is 1800. The van der Waals surface area contributed by atoms with E-state index in [0.717, 1.165) is 16.2 Å². The minimum atomic E-state index is -1.28. The molecule has 0 bridgehead atoms. The van der Waals surface area contributed by atoms with Crippen molar-refractivity contribution < 1.29 is 24.2 Å². The monoisotopic (exact) mass is 594 g/mol. The summed E-state index contributed by atoms with van der Waals surface area (Å²) in [6, 6.07) is 11.5. The zero-order valence-corrected chi connectivity index (χ0v) is 23.8. The van der Waals surface area contributed by atoms with Gasteiger partial charge in [-0.3, -0.25) is 9.48 Å². The fraction of sp³-hybridized carbons (Fsp3) is 0.192. The number of ether oxygens (including phenoxy) is 1. The highest BCUT2D eigenvalue weighted by molar-refractivity contribution is 7.10. The Morgan fingerprint density at radius 1 is 1.12 bits per heavy atom. The molecule has 0 aliphatic rings. The number of amides is 2. The van der Waals surface area contributed by atoms with Crippen molar-refractivity contribution in [1.29, 1.82) is 0 Å². The van der Waals surface area contributed by atoms with E-state index in [4.69, 9.17) is 16.3 Å². The summed E-state index contributed by atoms with van der Waals surface area (Å²) in [5.74, 6) is -0.0347. The van der Waals surface area contributed by atoms with Crippen LogP contribution in [0.25, 0.3) is 22.3 Å². The number of nitrogens with one attached hydrogen (secondary N) is 1. The number of benzene rings is 2. The van der Waals surface area contributed by atoms with Gasteiger partial charge in [-0.25, -0.2) is 14.5 Å². The molecule has 0 aliphatic heterocycles. The minimum Gasteiger partial charge on any atom is -0.463 e. The van der Waals surface area contributed by atoms with Crippen LogP contribution in [-0.2, 0) is 11.8 Å². The zero-order chi connectivity index (χ0) is 29.5. The maximum Gasteiger partial charge on any atom is 0.432 e. The number of aromatic nitrogens is 6. The third-order valence-electron chi connectivity index (χ3n) is 5.70. The van der Waals surface area contributed by atoms with Crippen LogP contribution in [0.2, 0.25) is 5.02 Å². The number of carbonyl (C=O) groups excluding carboxylic acids is 2. The lowest BCUT2D eigenvalue weighted by Gasteiger charge is -2.26. The molecule has 0 radical (unpaired) electrons. The van der Waals surface area contributed by atoms with Gasteiger partial charge in [0.1, 0.15) is 11.3 Å². The standard InChI is InChI=1S/C26H23ClN8O5S/c1-26(2,3)40-25(39)34(18-9-8-17-16(20(18)27)13-29-35(17)24(37)38)23-31-21(32-41-23)14-6-5-7-15(12-14)30-22(36)19-10-11-28-33(19)4/h5-13H,1-4H3,(H,30,36)(H,37,38). The largest absolute Gasteiger partial charge is 0.463 e. The summed E-state index contributed by atoms with van der Waals surface area (Å²) >= 11 is 7.62. The van der Waals surface area contributed by atoms with Crippen molar-refractivity contribution in [3.8, 4) is 11.4 Å². The molecule has 2 aromatic carbocycles. The lowest BCUT2D eigenvalue weighted by atomic mass is 10.2. The van der Waals surface area contributed by atoms with Crippen LogP contribution in [-0.4, -0.2) is 57.7 Å². The summed E-state index contributed by atoms with van der Waals surface area (Å²) < 4.78 is 12.3. The quantitative estimate of drug-likeness (QED) is 0.257. The highest BCUT2D eigenvalue weighted by Gasteiger charge is 2.30. The van der Waals surface area contributed by atoms with E-state index in [1.54, 1.807) is 58.2 Å². The Morgan fingerprint density at radius 3 is 2.59 bits per heavy atom. The van der Waals surface area contributed by atoms with Crippen LogP contribution in [0, 0.1) is 0 Å². The van der Waals surface area contributed by atoms with E-state index >= 15 is 0 Å². The van der Waals surface area contributed by atoms with Crippen LogP contribution in [0.5, 0.6) is 0 Å². The van der Waals surface area contributed by atoms with Crippen molar-refractivity contribution in [2.24, 2.45) is 7.05 Å². The molecule has 0 spiro atoms. The molecule has 3 heterocycles. The third kappa shape index (κ3) is 5.60. The number of aryl methyl sites for hydroxylation is 1. The smallest absolute Gasteiger partial charge is 0.432 e. The van der Waals surface area contributed by atoms with Gasteiger partial charge in [-0.2, -0.15) is 24.2 Å². The van der Waals surface area contributed by atoms with Gasteiger partial charge in [0.2, 0.25) is 5.13 Å². The van der Waals surface area contributed by atoms with E-state index in [-0.39, 0.29) is 27.3 Å². The van der Waals surface area contributed by atoms with Gasteiger partial charge in [0, 0.05) is 41.4 Å². The summed E-state index contributed by atoms with van der Waals surface area (Å²) in [5, 5.41) is 20.7. The molecule has 0 saturated heterocycles. The van der Waals surface area contributed by atoms with E-state index in [9.17, 15) is 19.5 Å². The average molecular weight is 595 g/mol. The number of hydrogen-bond donors (Lipinski definition) is 2. The minimum absolute atomic E-state index is 0.0810. The van der Waals surface area contributed by atoms with Gasteiger partial charge in [-0.1, -0.05) is 23.7 Å². The molecule has 0 aliphatic carbocycles. The number of carboxylic acid groups (broad SMARTS) is 1. The molecule has 3 aromatic heterocycles. The van der Waals surface area contributed by atoms with Crippen molar-refractivity contribution >= 4 is 68.6 Å². The fourth-order valence-corrected chi connectivity index (χ4v) is 4.91. The zero-order valence-electron chi connectivity index (χ0n) is 22.2. The van der Waals surface area contributed by atoms with Crippen molar-refractivity contribution in [1.82, 2.24) is 28.9 Å². The maximum atomic E-state index is 13.4. The Balaban J connectivity index is 1.51. The number of fused-ring (bicyclic) bond motifs is 1. The molecule has 0 unspecified atom stereocenters. The Labute approximate surface area is 242 Å². The number of hydrogen-bond acceptors (Lipinski definition) is 9. The van der Waals surface area contributed by atoms with E-state index in [0.29, 0.717) is 28.2 Å². The van der Waals surface area contributed by atoms with Crippen molar-refractivity contribution in [2.75, 3.05) is 10.2 Å². The SMILES string of the molecule is Cn1nccc1C(=O)Nc1cccc(-c2nsc(N(C(=O)OC(C)(C)C)c3ccc4c(cnn4C(=O)O)c3Cl)n2)c1. The van der Waals surface area contributed by atoms with Crippen LogP contribution in [0.1, 0.15) is 31.3 Å². The lowest BCUT2D eigenvalue weighted by Crippen LogP contribution is -2.34. The van der Waals surface area contributed by atoms with E-state index in [1.165, 1.54) is 34.1 Å². The van der Waals surface area contributed by atoms with Gasteiger partial charge in [-0.05, 0) is 51.1 Å². The highest BCUT2D eigenvalue weighted by Crippen LogP contribution is 2.39. The lowest BCUT2D eigenvalue weighted by molar-refractivity contribution is 0.0599. The summed E-state index contributed by atoms with van der Waals surface area (Å²) in [5.41, 5.74) is 1.10. The van der Waals surface area contributed by atoms with Crippen molar-refractivity contribution in [3.05, 3.63) is 65.6 Å². The number of anilines is 3. The second-order valence-electron chi connectivity index (χ2n) is 9.76. The number of carbonyl (C=O) groups is 3. The summed E-state index contributed by atoms with van der Waals surface area (Å²) in [7, 11) is 1.67. The first-order chi connectivity index (χ1) is 19.4. The first kappa shape index (κ1) is 27.7. The molecule has 210 valence electrons. The maximum absolute atomic E-state index is 13.4.